The fraction of sp³-hybridized carbons (Fsp3) is 0.556. The molecule has 0 heterocycles. The zero-order chi connectivity index (χ0) is 13.9. The average Bonchev–Trinajstić information content (AvgIpc) is 2.40. The van der Waals surface area contributed by atoms with Crippen molar-refractivity contribution in [1.29, 1.82) is 0 Å². The molecular formula is C18H28Si. The van der Waals surface area contributed by atoms with Gasteiger partial charge in [0, 0.05) is 0 Å². The second-order valence-electron chi connectivity index (χ2n) is 7.07. The molecular weight excluding hydrogens is 244 g/mol. The van der Waals surface area contributed by atoms with Crippen LogP contribution in [0.4, 0.5) is 0 Å². The summed E-state index contributed by atoms with van der Waals surface area (Å²) in [7, 11) is -1.28. The molecule has 0 aliphatic heterocycles. The molecule has 1 atom stereocenters. The number of allylic oxidation sites excluding steroid dienone is 2. The van der Waals surface area contributed by atoms with Crippen LogP contribution in [-0.2, 0) is 0 Å². The van der Waals surface area contributed by atoms with E-state index >= 15 is 0 Å². The maximum absolute atomic E-state index is 2.56. The van der Waals surface area contributed by atoms with Crippen LogP contribution in [0.25, 0.3) is 0 Å². The molecule has 104 valence electrons. The Bertz CT molecular complexity index is 428. The van der Waals surface area contributed by atoms with E-state index in [1.54, 1.807) is 10.8 Å². The normalized spacial score (nSPS) is 20.5. The van der Waals surface area contributed by atoms with Gasteiger partial charge >= 0.3 is 0 Å². The molecule has 0 fully saturated rings. The summed E-state index contributed by atoms with van der Waals surface area (Å²) in [4.78, 5) is 0. The summed E-state index contributed by atoms with van der Waals surface area (Å²) < 4.78 is 0. The predicted octanol–water partition coefficient (Wildman–Crippen LogP) is 4.98. The van der Waals surface area contributed by atoms with Crippen molar-refractivity contribution in [1.82, 2.24) is 0 Å². The standard InChI is InChI=1S/C18H28Si/c1-15(2)17-12-10-16(11-13-17)14-19(3,4)18-8-6-5-7-9-18/h5-10,15,17H,11-14H2,1-4H3/t17-/m0/s1. The minimum absolute atomic E-state index is 0.845. The van der Waals surface area contributed by atoms with Crippen LogP contribution in [0.3, 0.4) is 0 Å². The predicted molar refractivity (Wildman–Crippen MR) is 88.6 cm³/mol. The Morgan fingerprint density at radius 3 is 2.37 bits per heavy atom. The average molecular weight is 273 g/mol. The fourth-order valence-electron chi connectivity index (χ4n) is 3.23. The van der Waals surface area contributed by atoms with Crippen LogP contribution in [0.5, 0.6) is 0 Å². The first-order valence-electron chi connectivity index (χ1n) is 7.72. The first-order chi connectivity index (χ1) is 8.99. The second-order valence-corrected chi connectivity index (χ2v) is 11.8. The van der Waals surface area contributed by atoms with Crippen molar-refractivity contribution in [3.8, 4) is 0 Å². The molecule has 2 rings (SSSR count). The van der Waals surface area contributed by atoms with Gasteiger partial charge in [0.05, 0.1) is 8.07 Å². The Morgan fingerprint density at radius 1 is 1.16 bits per heavy atom. The van der Waals surface area contributed by atoms with Gasteiger partial charge in [0.1, 0.15) is 0 Å². The van der Waals surface area contributed by atoms with Crippen LogP contribution in [-0.4, -0.2) is 8.07 Å². The molecule has 1 aromatic rings. The lowest BCUT2D eigenvalue weighted by Crippen LogP contribution is -2.41. The molecule has 19 heavy (non-hydrogen) atoms. The summed E-state index contributed by atoms with van der Waals surface area (Å²) in [6, 6.07) is 12.5. The lowest BCUT2D eigenvalue weighted by Gasteiger charge is -2.29. The van der Waals surface area contributed by atoms with Gasteiger partial charge in [-0.3, -0.25) is 0 Å². The lowest BCUT2D eigenvalue weighted by atomic mass is 9.83. The van der Waals surface area contributed by atoms with E-state index < -0.39 is 8.07 Å². The highest BCUT2D eigenvalue weighted by Gasteiger charge is 2.26. The number of rotatable bonds is 4. The van der Waals surface area contributed by atoms with E-state index in [2.05, 4.69) is 63.3 Å². The first-order valence-corrected chi connectivity index (χ1v) is 10.9. The fourth-order valence-corrected chi connectivity index (χ4v) is 5.99. The Morgan fingerprint density at radius 2 is 1.84 bits per heavy atom. The zero-order valence-electron chi connectivity index (χ0n) is 12.9. The summed E-state index contributed by atoms with van der Waals surface area (Å²) in [5.41, 5.74) is 1.73. The van der Waals surface area contributed by atoms with Crippen LogP contribution in [0, 0.1) is 11.8 Å². The molecule has 0 spiro atoms. The van der Waals surface area contributed by atoms with Crippen LogP contribution in [0.15, 0.2) is 42.0 Å². The number of hydrogen-bond acceptors (Lipinski definition) is 0. The van der Waals surface area contributed by atoms with Crippen molar-refractivity contribution in [2.24, 2.45) is 11.8 Å². The lowest BCUT2D eigenvalue weighted by molar-refractivity contribution is 0.350. The number of benzene rings is 1. The molecule has 0 aromatic heterocycles. The quantitative estimate of drug-likeness (QED) is 0.535. The van der Waals surface area contributed by atoms with Gasteiger partial charge in [0.25, 0.3) is 0 Å². The second kappa shape index (κ2) is 6.09. The summed E-state index contributed by atoms with van der Waals surface area (Å²) in [6.07, 6.45) is 6.62. The molecule has 0 N–H and O–H groups in total. The maximum Gasteiger partial charge on any atom is 0.0845 e. The molecule has 1 aromatic carbocycles. The van der Waals surface area contributed by atoms with Crippen molar-refractivity contribution in [3.63, 3.8) is 0 Å². The van der Waals surface area contributed by atoms with E-state index in [9.17, 15) is 0 Å². The smallest absolute Gasteiger partial charge is 0.0845 e. The van der Waals surface area contributed by atoms with Gasteiger partial charge in [-0.05, 0) is 37.1 Å². The van der Waals surface area contributed by atoms with Crippen molar-refractivity contribution >= 4 is 13.3 Å². The molecule has 1 aliphatic carbocycles. The Labute approximate surface area is 119 Å². The van der Waals surface area contributed by atoms with Gasteiger partial charge in [-0.1, -0.05) is 74.1 Å². The summed E-state index contributed by atoms with van der Waals surface area (Å²) in [6.45, 7) is 9.76. The van der Waals surface area contributed by atoms with E-state index in [4.69, 9.17) is 0 Å². The highest BCUT2D eigenvalue weighted by atomic mass is 28.3. The Hall–Kier alpha value is -0.823. The molecule has 0 bridgehead atoms. The minimum atomic E-state index is -1.28. The molecule has 0 amide bonds. The van der Waals surface area contributed by atoms with Crippen LogP contribution >= 0.6 is 0 Å². The van der Waals surface area contributed by atoms with E-state index in [0.717, 1.165) is 11.8 Å². The molecule has 0 radical (unpaired) electrons. The zero-order valence-corrected chi connectivity index (χ0v) is 13.9. The van der Waals surface area contributed by atoms with Gasteiger partial charge in [-0.2, -0.15) is 0 Å². The van der Waals surface area contributed by atoms with Crippen molar-refractivity contribution in [3.05, 3.63) is 42.0 Å². The summed E-state index contributed by atoms with van der Waals surface area (Å²) >= 11 is 0. The van der Waals surface area contributed by atoms with Crippen LogP contribution < -0.4 is 5.19 Å². The van der Waals surface area contributed by atoms with Crippen molar-refractivity contribution < 1.29 is 0 Å². The van der Waals surface area contributed by atoms with Gasteiger partial charge in [0.2, 0.25) is 0 Å². The maximum atomic E-state index is 2.56. The van der Waals surface area contributed by atoms with Gasteiger partial charge < -0.3 is 0 Å². The molecule has 1 aliphatic rings. The van der Waals surface area contributed by atoms with E-state index in [1.165, 1.54) is 25.3 Å². The third kappa shape index (κ3) is 3.82. The highest BCUT2D eigenvalue weighted by Crippen LogP contribution is 2.32. The van der Waals surface area contributed by atoms with Gasteiger partial charge in [-0.25, -0.2) is 0 Å². The largest absolute Gasteiger partial charge is 0.0853 e. The minimum Gasteiger partial charge on any atom is -0.0853 e. The van der Waals surface area contributed by atoms with Gasteiger partial charge in [0.15, 0.2) is 0 Å². The third-order valence-corrected chi connectivity index (χ3v) is 7.95. The van der Waals surface area contributed by atoms with Crippen molar-refractivity contribution in [2.75, 3.05) is 0 Å². The monoisotopic (exact) mass is 272 g/mol. The van der Waals surface area contributed by atoms with E-state index in [1.807, 2.05) is 0 Å². The van der Waals surface area contributed by atoms with Crippen molar-refractivity contribution in [2.45, 2.75) is 52.2 Å². The molecule has 0 nitrogen and oxygen atoms in total. The number of hydrogen-bond donors (Lipinski definition) is 0. The summed E-state index contributed by atoms with van der Waals surface area (Å²) in [5.74, 6) is 1.77. The van der Waals surface area contributed by atoms with Crippen LogP contribution in [0.2, 0.25) is 19.1 Å². The summed E-state index contributed by atoms with van der Waals surface area (Å²) in [5, 5.41) is 1.60. The van der Waals surface area contributed by atoms with E-state index in [0.29, 0.717) is 0 Å². The molecule has 0 unspecified atom stereocenters. The molecule has 0 saturated heterocycles. The van der Waals surface area contributed by atoms with Crippen LogP contribution in [0.1, 0.15) is 33.1 Å². The highest BCUT2D eigenvalue weighted by molar-refractivity contribution is 6.90. The Kier molecular flexibility index (Phi) is 4.67. The molecule has 0 saturated carbocycles. The topological polar surface area (TPSA) is 0 Å². The van der Waals surface area contributed by atoms with Gasteiger partial charge in [-0.15, -0.1) is 0 Å². The molecule has 1 heteroatoms. The third-order valence-electron chi connectivity index (χ3n) is 4.71. The Balaban J connectivity index is 2.02. The van der Waals surface area contributed by atoms with E-state index in [-0.39, 0.29) is 0 Å². The SMILES string of the molecule is CC(C)[C@H]1CC=C(C[Si](C)(C)c2ccccc2)CC1. The first kappa shape index (κ1) is 14.6.